The molecule has 0 fully saturated rings. The summed E-state index contributed by atoms with van der Waals surface area (Å²) in [6.45, 7) is 0. The lowest BCUT2D eigenvalue weighted by Gasteiger charge is -2.07. The Labute approximate surface area is 112 Å². The van der Waals surface area contributed by atoms with E-state index in [0.29, 0.717) is 27.2 Å². The normalized spacial score (nSPS) is 10.1. The van der Waals surface area contributed by atoms with Crippen molar-refractivity contribution in [2.75, 3.05) is 16.8 Å². The van der Waals surface area contributed by atoms with Gasteiger partial charge in [0.05, 0.1) is 5.69 Å². The molecule has 0 saturated heterocycles. The van der Waals surface area contributed by atoms with Gasteiger partial charge in [0.2, 0.25) is 0 Å². The van der Waals surface area contributed by atoms with Crippen molar-refractivity contribution in [3.63, 3.8) is 0 Å². The minimum Gasteiger partial charge on any atom is -0.399 e. The van der Waals surface area contributed by atoms with E-state index in [9.17, 15) is 4.79 Å². The summed E-state index contributed by atoms with van der Waals surface area (Å²) in [6, 6.07) is 8.20. The Hall–Kier alpha value is -2.08. The summed E-state index contributed by atoms with van der Waals surface area (Å²) in [5.74, 6) is -0.289. The van der Waals surface area contributed by atoms with E-state index in [1.807, 2.05) is 0 Å². The maximum atomic E-state index is 12.0. The van der Waals surface area contributed by atoms with Crippen LogP contribution < -0.4 is 16.8 Å². The molecule has 0 aliphatic rings. The van der Waals surface area contributed by atoms with Gasteiger partial charge in [-0.2, -0.15) is 0 Å². The largest absolute Gasteiger partial charge is 0.399 e. The molecule has 0 radical (unpaired) electrons. The third kappa shape index (κ3) is 2.78. The lowest BCUT2D eigenvalue weighted by Crippen LogP contribution is -2.13. The minimum atomic E-state index is -0.289. The van der Waals surface area contributed by atoms with Crippen molar-refractivity contribution in [3.8, 4) is 0 Å². The van der Waals surface area contributed by atoms with Crippen LogP contribution in [0.15, 0.2) is 41.1 Å². The lowest BCUT2D eigenvalue weighted by atomic mass is 10.1. The van der Waals surface area contributed by atoms with Crippen molar-refractivity contribution in [1.82, 2.24) is 4.98 Å². The number of aromatic nitrogens is 1. The first-order valence-corrected chi connectivity index (χ1v) is 5.93. The number of anilines is 3. The Bertz CT molecular complexity index is 580. The zero-order valence-electron chi connectivity index (χ0n) is 9.35. The Morgan fingerprint density at radius 2 is 1.89 bits per heavy atom. The van der Waals surface area contributed by atoms with Crippen molar-refractivity contribution < 1.29 is 4.79 Å². The van der Waals surface area contributed by atoms with Crippen LogP contribution in [-0.2, 0) is 0 Å². The highest BCUT2D eigenvalue weighted by molar-refractivity contribution is 9.10. The zero-order valence-corrected chi connectivity index (χ0v) is 10.9. The van der Waals surface area contributed by atoms with Gasteiger partial charge in [0.15, 0.2) is 0 Å². The average Bonchev–Trinajstić information content (AvgIpc) is 2.31. The number of hydrogen-bond donors (Lipinski definition) is 3. The second-order valence-corrected chi connectivity index (χ2v) is 4.44. The van der Waals surface area contributed by atoms with Gasteiger partial charge in [-0.25, -0.2) is 4.98 Å². The van der Waals surface area contributed by atoms with Crippen molar-refractivity contribution in [1.29, 1.82) is 0 Å². The Kier molecular flexibility index (Phi) is 3.47. The molecule has 0 aliphatic heterocycles. The molecule has 0 spiro atoms. The molecule has 92 valence electrons. The fraction of sp³-hybridized carbons (Fsp3) is 0. The average molecular weight is 307 g/mol. The maximum Gasteiger partial charge on any atom is 0.255 e. The van der Waals surface area contributed by atoms with Crippen LogP contribution in [0, 0.1) is 0 Å². The number of nitrogen functional groups attached to an aromatic ring is 2. The number of rotatable bonds is 2. The molecule has 0 unspecified atom stereocenters. The Morgan fingerprint density at radius 1 is 1.22 bits per heavy atom. The smallest absolute Gasteiger partial charge is 0.255 e. The number of nitrogens with two attached hydrogens (primary N) is 2. The lowest BCUT2D eigenvalue weighted by molar-refractivity contribution is 0.102. The van der Waals surface area contributed by atoms with E-state index in [2.05, 4.69) is 26.2 Å². The molecule has 5 nitrogen and oxygen atoms in total. The fourth-order valence-electron chi connectivity index (χ4n) is 1.48. The predicted molar refractivity (Wildman–Crippen MR) is 75.2 cm³/mol. The van der Waals surface area contributed by atoms with E-state index in [4.69, 9.17) is 11.5 Å². The van der Waals surface area contributed by atoms with Gasteiger partial charge in [-0.15, -0.1) is 0 Å². The highest BCUT2D eigenvalue weighted by atomic mass is 79.9. The van der Waals surface area contributed by atoms with Crippen LogP contribution in [0.3, 0.4) is 0 Å². The number of amides is 1. The minimum absolute atomic E-state index is 0.289. The van der Waals surface area contributed by atoms with Crippen LogP contribution in [0.4, 0.5) is 17.1 Å². The van der Waals surface area contributed by atoms with Gasteiger partial charge >= 0.3 is 0 Å². The van der Waals surface area contributed by atoms with E-state index in [1.165, 1.54) is 0 Å². The Morgan fingerprint density at radius 3 is 2.50 bits per heavy atom. The molecule has 2 aromatic rings. The molecule has 2 rings (SSSR count). The van der Waals surface area contributed by atoms with Gasteiger partial charge in [-0.1, -0.05) is 0 Å². The highest BCUT2D eigenvalue weighted by Gasteiger charge is 2.09. The predicted octanol–water partition coefficient (Wildman–Crippen LogP) is 2.26. The summed E-state index contributed by atoms with van der Waals surface area (Å²) < 4.78 is 0.565. The van der Waals surface area contributed by atoms with Crippen LogP contribution in [0.5, 0.6) is 0 Å². The van der Waals surface area contributed by atoms with Gasteiger partial charge in [0.1, 0.15) is 4.60 Å². The van der Waals surface area contributed by atoms with E-state index >= 15 is 0 Å². The number of carbonyl (C=O) groups excluding carboxylic acids is 1. The topological polar surface area (TPSA) is 94.0 Å². The number of nitrogens with zero attached hydrogens (tertiary/aromatic N) is 1. The van der Waals surface area contributed by atoms with E-state index in [0.717, 1.165) is 0 Å². The molecule has 18 heavy (non-hydrogen) atoms. The van der Waals surface area contributed by atoms with Crippen LogP contribution in [0.2, 0.25) is 0 Å². The second-order valence-electron chi connectivity index (χ2n) is 3.68. The van der Waals surface area contributed by atoms with Crippen LogP contribution in [-0.4, -0.2) is 10.9 Å². The second kappa shape index (κ2) is 5.05. The molecule has 1 heterocycles. The highest BCUT2D eigenvalue weighted by Crippen LogP contribution is 2.20. The number of benzene rings is 1. The number of nitrogens with one attached hydrogen (secondary N) is 1. The monoisotopic (exact) mass is 306 g/mol. The summed E-state index contributed by atoms with van der Waals surface area (Å²) >= 11 is 3.25. The maximum absolute atomic E-state index is 12.0. The summed E-state index contributed by atoms with van der Waals surface area (Å²) in [6.07, 6.45) is 1.62. The summed E-state index contributed by atoms with van der Waals surface area (Å²) in [5, 5.41) is 2.72. The van der Waals surface area contributed by atoms with Crippen molar-refractivity contribution >= 4 is 38.9 Å². The summed E-state index contributed by atoms with van der Waals surface area (Å²) in [4.78, 5) is 16.0. The Balaban J connectivity index is 2.25. The zero-order chi connectivity index (χ0) is 13.1. The van der Waals surface area contributed by atoms with E-state index < -0.39 is 0 Å². The number of pyridine rings is 1. The van der Waals surface area contributed by atoms with Gasteiger partial charge < -0.3 is 16.8 Å². The molecule has 0 atom stereocenters. The first-order valence-electron chi connectivity index (χ1n) is 5.14. The van der Waals surface area contributed by atoms with Crippen molar-refractivity contribution in [3.05, 3.63) is 46.7 Å². The summed E-state index contributed by atoms with van der Waals surface area (Å²) in [7, 11) is 0. The molecule has 0 aliphatic carbocycles. The standard InChI is InChI=1S/C12H11BrN4O/c13-11-10(2-1-3-16-11)17-12(18)7-4-8(14)6-9(15)5-7/h1-6H,14-15H2,(H,17,18). The van der Waals surface area contributed by atoms with Gasteiger partial charge in [0, 0.05) is 23.1 Å². The van der Waals surface area contributed by atoms with Crippen molar-refractivity contribution in [2.45, 2.75) is 0 Å². The molecule has 1 aromatic carbocycles. The number of carbonyl (C=O) groups is 1. The fourth-order valence-corrected chi connectivity index (χ4v) is 1.83. The van der Waals surface area contributed by atoms with Gasteiger partial charge in [-0.05, 0) is 46.3 Å². The van der Waals surface area contributed by atoms with Gasteiger partial charge in [0.25, 0.3) is 5.91 Å². The van der Waals surface area contributed by atoms with E-state index in [1.54, 1.807) is 36.5 Å². The quantitative estimate of drug-likeness (QED) is 0.586. The third-order valence-corrected chi connectivity index (χ3v) is 2.88. The molecule has 0 saturated carbocycles. The number of halogens is 1. The molecule has 1 amide bonds. The third-order valence-electron chi connectivity index (χ3n) is 2.25. The van der Waals surface area contributed by atoms with Crippen LogP contribution in [0.25, 0.3) is 0 Å². The first kappa shape index (κ1) is 12.4. The van der Waals surface area contributed by atoms with Crippen LogP contribution >= 0.6 is 15.9 Å². The van der Waals surface area contributed by atoms with Crippen molar-refractivity contribution in [2.24, 2.45) is 0 Å². The van der Waals surface area contributed by atoms with Crippen LogP contribution in [0.1, 0.15) is 10.4 Å². The van der Waals surface area contributed by atoms with E-state index in [-0.39, 0.29) is 5.91 Å². The summed E-state index contributed by atoms with van der Waals surface area (Å²) in [5.41, 5.74) is 13.2. The molecular formula is C12H11BrN4O. The molecule has 1 aromatic heterocycles. The first-order chi connectivity index (χ1) is 8.56. The number of hydrogen-bond acceptors (Lipinski definition) is 4. The molecule has 5 N–H and O–H groups in total. The van der Waals surface area contributed by atoms with Gasteiger partial charge in [-0.3, -0.25) is 4.79 Å². The molecule has 0 bridgehead atoms. The SMILES string of the molecule is Nc1cc(N)cc(C(=O)Nc2cccnc2Br)c1. The molecule has 6 heteroatoms. The molecular weight excluding hydrogens is 296 g/mol.